The molecule has 2 nitrogen and oxygen atoms in total. The average Bonchev–Trinajstić information content (AvgIpc) is 1.85. The van der Waals surface area contributed by atoms with Crippen molar-refractivity contribution in [3.05, 3.63) is 23.8 Å². The largest absolute Gasteiger partial charge is 0.273 e. The summed E-state index contributed by atoms with van der Waals surface area (Å²) in [5, 5.41) is 0. The van der Waals surface area contributed by atoms with Crippen LogP contribution in [0.15, 0.2) is 28.8 Å². The summed E-state index contributed by atoms with van der Waals surface area (Å²) in [5.74, 6) is -0.126. The van der Waals surface area contributed by atoms with E-state index in [2.05, 4.69) is 4.99 Å². The topological polar surface area (TPSA) is 29.4 Å². The van der Waals surface area contributed by atoms with Crippen LogP contribution in [0, 0.1) is 0 Å². The summed E-state index contributed by atoms with van der Waals surface area (Å²) in [4.78, 5) is 14.4. The summed E-state index contributed by atoms with van der Waals surface area (Å²) in [6.07, 6.45) is 6.62. The van der Waals surface area contributed by atoms with Gasteiger partial charge in [-0.15, -0.1) is 0 Å². The van der Waals surface area contributed by atoms with E-state index in [-0.39, 0.29) is 5.91 Å². The van der Waals surface area contributed by atoms with Gasteiger partial charge in [-0.2, -0.15) is 0 Å². The van der Waals surface area contributed by atoms with Gasteiger partial charge in [0.25, 0.3) is 0 Å². The Balaban J connectivity index is 2.73. The molecular formula is C9H11NO. The van der Waals surface area contributed by atoms with Crippen molar-refractivity contribution < 1.29 is 4.79 Å². The Labute approximate surface area is 66.3 Å². The van der Waals surface area contributed by atoms with Crippen LogP contribution in [0.4, 0.5) is 0 Å². The standard InChI is InChI=1S/C9H11NO/c1-7-4-3-5-9(6-7)10-8(2)11/h3-5H,6H2,1-2H3. The van der Waals surface area contributed by atoms with Gasteiger partial charge in [0.05, 0.1) is 0 Å². The molecule has 0 heterocycles. The monoisotopic (exact) mass is 149 g/mol. The van der Waals surface area contributed by atoms with Crippen LogP contribution in [0.1, 0.15) is 20.3 Å². The van der Waals surface area contributed by atoms with E-state index in [1.807, 2.05) is 25.2 Å². The van der Waals surface area contributed by atoms with Crippen molar-refractivity contribution in [3.63, 3.8) is 0 Å². The van der Waals surface area contributed by atoms with Gasteiger partial charge in [-0.05, 0) is 13.0 Å². The quantitative estimate of drug-likeness (QED) is 0.517. The Morgan fingerprint density at radius 3 is 2.91 bits per heavy atom. The van der Waals surface area contributed by atoms with Gasteiger partial charge >= 0.3 is 0 Å². The van der Waals surface area contributed by atoms with E-state index < -0.39 is 0 Å². The van der Waals surface area contributed by atoms with E-state index in [9.17, 15) is 4.79 Å². The van der Waals surface area contributed by atoms with Crippen LogP contribution < -0.4 is 0 Å². The van der Waals surface area contributed by atoms with Crippen LogP contribution in [0.3, 0.4) is 0 Å². The second-order valence-electron chi connectivity index (χ2n) is 2.67. The molecule has 2 heteroatoms. The minimum absolute atomic E-state index is 0.126. The van der Waals surface area contributed by atoms with Crippen molar-refractivity contribution in [2.45, 2.75) is 20.3 Å². The molecular weight excluding hydrogens is 138 g/mol. The number of nitrogens with zero attached hydrogens (tertiary/aromatic N) is 1. The molecule has 0 fully saturated rings. The van der Waals surface area contributed by atoms with E-state index in [4.69, 9.17) is 0 Å². The van der Waals surface area contributed by atoms with Crippen molar-refractivity contribution in [1.29, 1.82) is 0 Å². The molecule has 0 saturated heterocycles. The molecule has 0 atom stereocenters. The SMILES string of the molecule is CC(=O)N=C1C=CC=C(C)C1. The first kappa shape index (κ1) is 7.92. The smallest absolute Gasteiger partial charge is 0.242 e. The van der Waals surface area contributed by atoms with Gasteiger partial charge in [-0.25, -0.2) is 4.99 Å². The van der Waals surface area contributed by atoms with Crippen molar-refractivity contribution in [1.82, 2.24) is 0 Å². The average molecular weight is 149 g/mol. The summed E-state index contributed by atoms with van der Waals surface area (Å²) >= 11 is 0. The zero-order valence-electron chi connectivity index (χ0n) is 6.79. The fourth-order valence-electron chi connectivity index (χ4n) is 1.01. The van der Waals surface area contributed by atoms with E-state index in [1.54, 1.807) is 0 Å². The second kappa shape index (κ2) is 3.28. The van der Waals surface area contributed by atoms with Gasteiger partial charge in [-0.1, -0.05) is 17.7 Å². The highest BCUT2D eigenvalue weighted by Crippen LogP contribution is 2.08. The highest BCUT2D eigenvalue weighted by Gasteiger charge is 2.01. The molecule has 1 aliphatic rings. The Hall–Kier alpha value is -1.18. The lowest BCUT2D eigenvalue weighted by Gasteiger charge is -2.04. The van der Waals surface area contributed by atoms with E-state index in [1.165, 1.54) is 12.5 Å². The van der Waals surface area contributed by atoms with Gasteiger partial charge in [-0.3, -0.25) is 4.79 Å². The van der Waals surface area contributed by atoms with E-state index in [0.29, 0.717) is 0 Å². The third-order valence-electron chi connectivity index (χ3n) is 1.43. The van der Waals surface area contributed by atoms with Gasteiger partial charge in [0.1, 0.15) is 0 Å². The number of aliphatic imine (C=N–C) groups is 1. The number of rotatable bonds is 0. The molecule has 0 unspecified atom stereocenters. The number of hydrogen-bond acceptors (Lipinski definition) is 1. The maximum Gasteiger partial charge on any atom is 0.242 e. The molecule has 0 radical (unpaired) electrons. The lowest BCUT2D eigenvalue weighted by molar-refractivity contribution is -0.115. The van der Waals surface area contributed by atoms with Gasteiger partial charge in [0.15, 0.2) is 0 Å². The summed E-state index contributed by atoms with van der Waals surface area (Å²) in [7, 11) is 0. The molecule has 0 aliphatic heterocycles. The van der Waals surface area contributed by atoms with Crippen molar-refractivity contribution >= 4 is 11.6 Å². The Morgan fingerprint density at radius 1 is 1.64 bits per heavy atom. The highest BCUT2D eigenvalue weighted by atomic mass is 16.1. The van der Waals surface area contributed by atoms with Gasteiger partial charge in [0.2, 0.25) is 5.91 Å². The van der Waals surface area contributed by atoms with Gasteiger partial charge in [0, 0.05) is 19.1 Å². The summed E-state index contributed by atoms with van der Waals surface area (Å²) < 4.78 is 0. The van der Waals surface area contributed by atoms with E-state index in [0.717, 1.165) is 12.1 Å². The predicted molar refractivity (Wildman–Crippen MR) is 45.6 cm³/mol. The molecule has 1 rings (SSSR count). The highest BCUT2D eigenvalue weighted by molar-refractivity contribution is 6.03. The van der Waals surface area contributed by atoms with Crippen LogP contribution >= 0.6 is 0 Å². The molecule has 0 aromatic rings. The van der Waals surface area contributed by atoms with Crippen LogP contribution in [0.2, 0.25) is 0 Å². The zero-order chi connectivity index (χ0) is 8.27. The molecule has 1 amide bonds. The molecule has 11 heavy (non-hydrogen) atoms. The van der Waals surface area contributed by atoms with Crippen molar-refractivity contribution in [2.75, 3.05) is 0 Å². The lowest BCUT2D eigenvalue weighted by Crippen LogP contribution is -2.01. The molecule has 0 N–H and O–H groups in total. The molecule has 1 aliphatic carbocycles. The van der Waals surface area contributed by atoms with Crippen LogP contribution in [0.5, 0.6) is 0 Å². The Bertz CT molecular complexity index is 259. The lowest BCUT2D eigenvalue weighted by atomic mass is 10.1. The summed E-state index contributed by atoms with van der Waals surface area (Å²) in [6.45, 7) is 3.49. The Morgan fingerprint density at radius 2 is 2.36 bits per heavy atom. The molecule has 0 aromatic carbocycles. The van der Waals surface area contributed by atoms with Crippen molar-refractivity contribution in [3.8, 4) is 0 Å². The van der Waals surface area contributed by atoms with Crippen molar-refractivity contribution in [2.24, 2.45) is 4.99 Å². The minimum Gasteiger partial charge on any atom is -0.273 e. The Kier molecular flexibility index (Phi) is 2.36. The number of carbonyl (C=O) groups is 1. The van der Waals surface area contributed by atoms with Crippen LogP contribution in [0.25, 0.3) is 0 Å². The maximum atomic E-state index is 10.6. The maximum absolute atomic E-state index is 10.6. The third kappa shape index (κ3) is 2.50. The first-order valence-corrected chi connectivity index (χ1v) is 3.60. The predicted octanol–water partition coefficient (Wildman–Crippen LogP) is 1.88. The zero-order valence-corrected chi connectivity index (χ0v) is 6.79. The fraction of sp³-hybridized carbons (Fsp3) is 0.333. The number of hydrogen-bond donors (Lipinski definition) is 0. The number of amides is 1. The molecule has 0 spiro atoms. The van der Waals surface area contributed by atoms with Crippen LogP contribution in [-0.2, 0) is 4.79 Å². The fourth-order valence-corrected chi connectivity index (χ4v) is 1.01. The summed E-state index contributed by atoms with van der Waals surface area (Å²) in [5.41, 5.74) is 2.10. The first-order valence-electron chi connectivity index (χ1n) is 3.60. The number of carbonyl (C=O) groups excluding carboxylic acids is 1. The number of allylic oxidation sites excluding steroid dienone is 4. The summed E-state index contributed by atoms with van der Waals surface area (Å²) in [6, 6.07) is 0. The van der Waals surface area contributed by atoms with Gasteiger partial charge < -0.3 is 0 Å². The second-order valence-corrected chi connectivity index (χ2v) is 2.67. The molecule has 0 aromatic heterocycles. The normalized spacial score (nSPS) is 20.2. The first-order chi connectivity index (χ1) is 5.18. The van der Waals surface area contributed by atoms with Crippen LogP contribution in [-0.4, -0.2) is 11.6 Å². The molecule has 0 saturated carbocycles. The molecule has 58 valence electrons. The third-order valence-corrected chi connectivity index (χ3v) is 1.43. The van der Waals surface area contributed by atoms with E-state index >= 15 is 0 Å². The molecule has 0 bridgehead atoms. The minimum atomic E-state index is -0.126.